The molecule has 1 aliphatic carbocycles. The maximum absolute atomic E-state index is 13.5. The van der Waals surface area contributed by atoms with Crippen LogP contribution in [0.3, 0.4) is 0 Å². The SMILES string of the molecule is CNC(=O)c1cc(C(=O)NC2CC2CO)cn(Cc2ccc(F)c(C)c2)c1=O. The van der Waals surface area contributed by atoms with E-state index in [1.165, 1.54) is 29.9 Å². The van der Waals surface area contributed by atoms with E-state index in [1.54, 1.807) is 19.1 Å². The molecule has 2 unspecified atom stereocenters. The maximum Gasteiger partial charge on any atom is 0.263 e. The monoisotopic (exact) mass is 387 g/mol. The number of aliphatic hydroxyl groups excluding tert-OH is 1. The van der Waals surface area contributed by atoms with Crippen LogP contribution < -0.4 is 16.2 Å². The molecule has 7 nitrogen and oxygen atoms in total. The van der Waals surface area contributed by atoms with E-state index in [1.807, 2.05) is 0 Å². The van der Waals surface area contributed by atoms with Crippen molar-refractivity contribution in [1.29, 1.82) is 0 Å². The number of aliphatic hydroxyl groups is 1. The molecular weight excluding hydrogens is 365 g/mol. The number of carbonyl (C=O) groups is 2. The number of hydrogen-bond donors (Lipinski definition) is 3. The van der Waals surface area contributed by atoms with Gasteiger partial charge in [-0.15, -0.1) is 0 Å². The predicted molar refractivity (Wildman–Crippen MR) is 101 cm³/mol. The van der Waals surface area contributed by atoms with Crippen molar-refractivity contribution in [3.8, 4) is 0 Å². The Balaban J connectivity index is 1.95. The maximum atomic E-state index is 13.5. The zero-order chi connectivity index (χ0) is 20.4. The lowest BCUT2D eigenvalue weighted by atomic mass is 10.1. The van der Waals surface area contributed by atoms with Gasteiger partial charge in [0.2, 0.25) is 0 Å². The number of pyridine rings is 1. The highest BCUT2D eigenvalue weighted by Crippen LogP contribution is 2.29. The van der Waals surface area contributed by atoms with Crippen LogP contribution in [0, 0.1) is 18.7 Å². The summed E-state index contributed by atoms with van der Waals surface area (Å²) < 4.78 is 14.8. The molecule has 1 fully saturated rings. The highest BCUT2D eigenvalue weighted by molar-refractivity contribution is 5.99. The molecule has 2 amide bonds. The van der Waals surface area contributed by atoms with Gasteiger partial charge in [-0.05, 0) is 36.6 Å². The van der Waals surface area contributed by atoms with Gasteiger partial charge in [-0.3, -0.25) is 14.4 Å². The third kappa shape index (κ3) is 4.12. The number of benzene rings is 1. The first-order valence-corrected chi connectivity index (χ1v) is 8.97. The topological polar surface area (TPSA) is 100 Å². The number of amides is 2. The van der Waals surface area contributed by atoms with Crippen molar-refractivity contribution in [2.45, 2.75) is 25.9 Å². The fraction of sp³-hybridized carbons (Fsp3) is 0.350. The minimum Gasteiger partial charge on any atom is -0.396 e. The molecule has 0 aliphatic heterocycles. The molecule has 3 rings (SSSR count). The van der Waals surface area contributed by atoms with E-state index < -0.39 is 17.4 Å². The van der Waals surface area contributed by atoms with Gasteiger partial charge in [0.05, 0.1) is 12.1 Å². The number of rotatable bonds is 6. The Kier molecular flexibility index (Phi) is 5.60. The summed E-state index contributed by atoms with van der Waals surface area (Å²) in [5.41, 5.74) is 0.584. The lowest BCUT2D eigenvalue weighted by Gasteiger charge is -2.12. The first kappa shape index (κ1) is 19.8. The van der Waals surface area contributed by atoms with Crippen molar-refractivity contribution in [3.63, 3.8) is 0 Å². The number of hydrogen-bond acceptors (Lipinski definition) is 4. The summed E-state index contributed by atoms with van der Waals surface area (Å²) in [6.07, 6.45) is 2.08. The zero-order valence-electron chi connectivity index (χ0n) is 15.7. The number of carbonyl (C=O) groups excluding carboxylic acids is 2. The van der Waals surface area contributed by atoms with Gasteiger partial charge in [-0.25, -0.2) is 4.39 Å². The van der Waals surface area contributed by atoms with Gasteiger partial charge < -0.3 is 20.3 Å². The molecule has 0 bridgehead atoms. The Hall–Kier alpha value is -3.00. The molecule has 1 aromatic carbocycles. The van der Waals surface area contributed by atoms with E-state index in [-0.39, 0.29) is 42.1 Å². The summed E-state index contributed by atoms with van der Waals surface area (Å²) in [7, 11) is 1.40. The smallest absolute Gasteiger partial charge is 0.263 e. The molecule has 1 aromatic heterocycles. The zero-order valence-corrected chi connectivity index (χ0v) is 15.7. The lowest BCUT2D eigenvalue weighted by molar-refractivity contribution is 0.0946. The largest absolute Gasteiger partial charge is 0.396 e. The van der Waals surface area contributed by atoms with Gasteiger partial charge in [0.25, 0.3) is 17.4 Å². The Bertz CT molecular complexity index is 986. The third-order valence-electron chi connectivity index (χ3n) is 4.87. The van der Waals surface area contributed by atoms with Crippen LogP contribution in [-0.2, 0) is 6.54 Å². The molecule has 28 heavy (non-hydrogen) atoms. The summed E-state index contributed by atoms with van der Waals surface area (Å²) in [5.74, 6) is -1.33. The first-order chi connectivity index (χ1) is 13.3. The molecule has 8 heteroatoms. The number of aromatic nitrogens is 1. The Morgan fingerprint density at radius 2 is 2.04 bits per heavy atom. The lowest BCUT2D eigenvalue weighted by Crippen LogP contribution is -2.34. The van der Waals surface area contributed by atoms with Crippen molar-refractivity contribution in [2.24, 2.45) is 5.92 Å². The van der Waals surface area contributed by atoms with Crippen LogP contribution in [0.4, 0.5) is 4.39 Å². The Morgan fingerprint density at radius 1 is 1.29 bits per heavy atom. The summed E-state index contributed by atoms with van der Waals surface area (Å²) in [6.45, 7) is 1.71. The summed E-state index contributed by atoms with van der Waals surface area (Å²) in [6, 6.07) is 5.63. The summed E-state index contributed by atoms with van der Waals surface area (Å²) >= 11 is 0. The van der Waals surface area contributed by atoms with Gasteiger partial charge in [0, 0.05) is 31.8 Å². The molecule has 1 saturated carbocycles. The molecule has 0 saturated heterocycles. The second kappa shape index (κ2) is 7.93. The normalized spacial score (nSPS) is 17.9. The Morgan fingerprint density at radius 3 is 2.64 bits per heavy atom. The minimum absolute atomic E-state index is 0.00213. The predicted octanol–water partition coefficient (Wildman–Crippen LogP) is 0.814. The van der Waals surface area contributed by atoms with E-state index in [9.17, 15) is 18.8 Å². The molecule has 0 spiro atoms. The number of aryl methyl sites for hydroxylation is 1. The van der Waals surface area contributed by atoms with Crippen molar-refractivity contribution in [3.05, 3.63) is 68.9 Å². The molecule has 2 atom stereocenters. The van der Waals surface area contributed by atoms with Gasteiger partial charge in [-0.2, -0.15) is 0 Å². The average molecular weight is 387 g/mol. The van der Waals surface area contributed by atoms with Crippen LogP contribution in [0.5, 0.6) is 0 Å². The summed E-state index contributed by atoms with van der Waals surface area (Å²) in [5, 5.41) is 14.3. The molecular formula is C20H22FN3O4. The fourth-order valence-corrected chi connectivity index (χ4v) is 3.05. The highest BCUT2D eigenvalue weighted by atomic mass is 19.1. The van der Waals surface area contributed by atoms with Gasteiger partial charge >= 0.3 is 0 Å². The molecule has 148 valence electrons. The standard InChI is InChI=1S/C20H22FN3O4/c1-11-5-12(3-4-16(11)21)8-24-9-13(6-15(20(24)28)19(27)22-2)18(26)23-17-7-14(17)10-25/h3-6,9,14,17,25H,7-8,10H2,1-2H3,(H,22,27)(H,23,26). The molecule has 2 aromatic rings. The van der Waals surface area contributed by atoms with Crippen LogP contribution >= 0.6 is 0 Å². The average Bonchev–Trinajstić information content (AvgIpc) is 3.43. The van der Waals surface area contributed by atoms with Crippen molar-refractivity contribution >= 4 is 11.8 Å². The second-order valence-electron chi connectivity index (χ2n) is 7.00. The molecule has 3 N–H and O–H groups in total. The van der Waals surface area contributed by atoms with E-state index in [0.29, 0.717) is 17.5 Å². The van der Waals surface area contributed by atoms with E-state index >= 15 is 0 Å². The minimum atomic E-state index is -0.594. The van der Waals surface area contributed by atoms with Crippen LogP contribution in [0.1, 0.15) is 38.3 Å². The van der Waals surface area contributed by atoms with Crippen molar-refractivity contribution in [1.82, 2.24) is 15.2 Å². The van der Waals surface area contributed by atoms with Crippen LogP contribution in [-0.4, -0.2) is 41.2 Å². The molecule has 0 radical (unpaired) electrons. The number of nitrogens with one attached hydrogen (secondary N) is 2. The van der Waals surface area contributed by atoms with E-state index in [0.717, 1.165) is 0 Å². The van der Waals surface area contributed by atoms with Crippen LogP contribution in [0.15, 0.2) is 35.3 Å². The van der Waals surface area contributed by atoms with E-state index in [2.05, 4.69) is 10.6 Å². The number of nitrogens with zero attached hydrogens (tertiary/aromatic N) is 1. The van der Waals surface area contributed by atoms with Crippen LogP contribution in [0.2, 0.25) is 0 Å². The van der Waals surface area contributed by atoms with E-state index in [4.69, 9.17) is 5.11 Å². The van der Waals surface area contributed by atoms with Gasteiger partial charge in [0.15, 0.2) is 0 Å². The fourth-order valence-electron chi connectivity index (χ4n) is 3.05. The first-order valence-electron chi connectivity index (χ1n) is 8.97. The summed E-state index contributed by atoms with van der Waals surface area (Å²) in [4.78, 5) is 37.3. The number of halogens is 1. The molecule has 1 aliphatic rings. The van der Waals surface area contributed by atoms with Gasteiger partial charge in [0.1, 0.15) is 11.4 Å². The quantitative estimate of drug-likeness (QED) is 0.683. The van der Waals surface area contributed by atoms with Crippen molar-refractivity contribution in [2.75, 3.05) is 13.7 Å². The molecule has 1 heterocycles. The second-order valence-corrected chi connectivity index (χ2v) is 7.00. The highest BCUT2D eigenvalue weighted by Gasteiger charge is 2.37. The van der Waals surface area contributed by atoms with Crippen molar-refractivity contribution < 1.29 is 19.1 Å². The van der Waals surface area contributed by atoms with Gasteiger partial charge in [-0.1, -0.05) is 12.1 Å². The van der Waals surface area contributed by atoms with Crippen LogP contribution in [0.25, 0.3) is 0 Å². The third-order valence-corrected chi connectivity index (χ3v) is 4.87. The Labute approximate surface area is 161 Å².